The van der Waals surface area contributed by atoms with Gasteiger partial charge in [-0.25, -0.2) is 4.39 Å². The summed E-state index contributed by atoms with van der Waals surface area (Å²) in [6.45, 7) is 29.2. The maximum Gasteiger partial charge on any atom is 0.301 e. The summed E-state index contributed by atoms with van der Waals surface area (Å²) in [4.78, 5) is 0. The van der Waals surface area contributed by atoms with Crippen molar-refractivity contribution in [2.24, 2.45) is 0 Å². The summed E-state index contributed by atoms with van der Waals surface area (Å²) < 4.78 is 24.4. The van der Waals surface area contributed by atoms with Gasteiger partial charge in [-0.15, -0.1) is 11.3 Å². The van der Waals surface area contributed by atoms with Crippen LogP contribution in [0.5, 0.6) is 0 Å². The van der Waals surface area contributed by atoms with E-state index < -0.39 is 8.07 Å². The van der Waals surface area contributed by atoms with Crippen molar-refractivity contribution in [3.05, 3.63) is 198 Å². The molecule has 0 bridgehead atoms. The van der Waals surface area contributed by atoms with Crippen LogP contribution in [0.2, 0.25) is 19.6 Å². The van der Waals surface area contributed by atoms with E-state index in [0.717, 1.165) is 41.6 Å². The van der Waals surface area contributed by atoms with Crippen molar-refractivity contribution in [3.8, 4) is 50.6 Å². The first kappa shape index (κ1) is 48.2. The molecule has 0 N–H and O–H groups in total. The third kappa shape index (κ3) is 8.03. The standard InChI is InChI=1S/C68H68FN3SSi/c1-41(2)57-38-49(68(6,7)8)39-58(42(3)4)65(57)72-61-19-15-14-18-60(61)71-43(5)36-62-54(52-16-12-13-17-53(52)59-35-31-51(40-70(59)62)74(9,10)11)32-26-47-27-34-56-55-33-28-48(37-63(55)73-66(56)64(47)67(71)72)46-22-20-44(21-23-46)45-24-29-50(69)30-25-45/h12-25,27-31,33-35,37-42,54,62H,5,26,32,36H2,1-4,6-11H3/q+2. The molecule has 2 atom stereocenters. The maximum atomic E-state index is 13.8. The molecule has 0 amide bonds. The first-order valence-electron chi connectivity index (χ1n) is 26.9. The minimum atomic E-state index is -1.66. The molecular formula is C68H68FN3SSi+2. The summed E-state index contributed by atoms with van der Waals surface area (Å²) in [5.41, 5.74) is 20.1. The Balaban J connectivity index is 1.15. The number of hydrogen-bond acceptors (Lipinski definition) is 1. The Labute approximate surface area is 442 Å². The van der Waals surface area contributed by atoms with E-state index in [1.807, 2.05) is 23.5 Å². The Bertz CT molecular complexity index is 3850. The highest BCUT2D eigenvalue weighted by Crippen LogP contribution is 2.49. The summed E-state index contributed by atoms with van der Waals surface area (Å²) in [5.74, 6) is 1.80. The number of allylic oxidation sites excluding steroid dienone is 1. The molecule has 12 rings (SSSR count). The van der Waals surface area contributed by atoms with E-state index in [2.05, 4.69) is 215 Å². The monoisotopic (exact) mass is 1010 g/mol. The summed E-state index contributed by atoms with van der Waals surface area (Å²) in [7, 11) is -1.66. The van der Waals surface area contributed by atoms with Crippen LogP contribution in [0.25, 0.3) is 87.5 Å². The van der Waals surface area contributed by atoms with Crippen molar-refractivity contribution in [1.82, 2.24) is 4.57 Å². The van der Waals surface area contributed by atoms with E-state index in [4.69, 9.17) is 6.58 Å². The lowest BCUT2D eigenvalue weighted by Gasteiger charge is -2.32. The minimum absolute atomic E-state index is 0.0175. The Kier molecular flexibility index (Phi) is 11.7. The fourth-order valence-electron chi connectivity index (χ4n) is 12.4. The molecule has 2 aliphatic heterocycles. The molecule has 10 aromatic rings. The highest BCUT2D eigenvalue weighted by atomic mass is 32.1. The van der Waals surface area contributed by atoms with Gasteiger partial charge < -0.3 is 0 Å². The predicted molar refractivity (Wildman–Crippen MR) is 315 cm³/mol. The zero-order chi connectivity index (χ0) is 51.5. The number of halogens is 1. The third-order valence-electron chi connectivity index (χ3n) is 16.4. The van der Waals surface area contributed by atoms with E-state index in [-0.39, 0.29) is 35.0 Å². The molecule has 5 heterocycles. The Hall–Kier alpha value is -6.73. The molecule has 0 radical (unpaired) electrons. The van der Waals surface area contributed by atoms with Gasteiger partial charge in [0.25, 0.3) is 0 Å². The summed E-state index contributed by atoms with van der Waals surface area (Å²) >= 11 is 1.93. The van der Waals surface area contributed by atoms with Gasteiger partial charge in [0.2, 0.25) is 5.69 Å². The number of para-hydroxylation sites is 2. The van der Waals surface area contributed by atoms with Gasteiger partial charge in [-0.1, -0.05) is 184 Å². The molecule has 370 valence electrons. The number of imidazole rings is 1. The number of hydrogen-bond donors (Lipinski definition) is 0. The summed E-state index contributed by atoms with van der Waals surface area (Å²) in [5, 5.41) is 4.04. The minimum Gasteiger partial charge on any atom is -0.207 e. The van der Waals surface area contributed by atoms with Crippen molar-refractivity contribution in [2.45, 2.75) is 117 Å². The van der Waals surface area contributed by atoms with E-state index in [1.54, 1.807) is 0 Å². The molecule has 74 heavy (non-hydrogen) atoms. The van der Waals surface area contributed by atoms with Gasteiger partial charge in [0, 0.05) is 49.3 Å². The van der Waals surface area contributed by atoms with E-state index in [0.29, 0.717) is 0 Å². The lowest BCUT2D eigenvalue weighted by atomic mass is 9.77. The average Bonchev–Trinajstić information content (AvgIpc) is 3.93. The topological polar surface area (TPSA) is 12.7 Å². The number of thiophene rings is 1. The van der Waals surface area contributed by atoms with Gasteiger partial charge >= 0.3 is 5.82 Å². The van der Waals surface area contributed by atoms with Crippen LogP contribution in [-0.4, -0.2) is 12.6 Å². The zero-order valence-corrected chi connectivity index (χ0v) is 46.6. The number of pyridine rings is 1. The SMILES string of the molecule is C=C1CC2C(CCc3ccc4c(sc5cc(-c6ccc(-c7ccc(F)cc7)cc6)ccc54)c3-c3n(-c4c(C(C)C)cc(C(C)(C)C)cc4C(C)C)c4ccccc4[n+]31)c1ccccc1-c1ccc([Si](C)(C)C)c[n+]12. The van der Waals surface area contributed by atoms with Gasteiger partial charge in [0.1, 0.15) is 17.2 Å². The van der Waals surface area contributed by atoms with Crippen molar-refractivity contribution in [1.29, 1.82) is 0 Å². The highest BCUT2D eigenvalue weighted by molar-refractivity contribution is 7.26. The molecule has 0 spiro atoms. The quantitative estimate of drug-likeness (QED) is 0.116. The average molecular weight is 1010 g/mol. The van der Waals surface area contributed by atoms with Crippen LogP contribution in [-0.2, 0) is 11.8 Å². The number of aromatic nitrogens is 3. The fraction of sp³-hybridized carbons (Fsp3) is 0.265. The van der Waals surface area contributed by atoms with E-state index >= 15 is 0 Å². The maximum absolute atomic E-state index is 13.8. The largest absolute Gasteiger partial charge is 0.301 e. The molecule has 3 nitrogen and oxygen atoms in total. The van der Waals surface area contributed by atoms with Crippen molar-refractivity contribution < 1.29 is 13.5 Å². The van der Waals surface area contributed by atoms with Crippen LogP contribution >= 0.6 is 11.3 Å². The molecular weight excluding hydrogens is 938 g/mol. The lowest BCUT2D eigenvalue weighted by Crippen LogP contribution is -2.53. The number of nitrogens with zero attached hydrogens (tertiary/aromatic N) is 3. The first-order chi connectivity index (χ1) is 35.4. The van der Waals surface area contributed by atoms with E-state index in [9.17, 15) is 4.39 Å². The van der Waals surface area contributed by atoms with Crippen molar-refractivity contribution in [3.63, 3.8) is 0 Å². The van der Waals surface area contributed by atoms with Gasteiger partial charge in [0.15, 0.2) is 23.3 Å². The molecule has 2 aliphatic rings. The fourth-order valence-corrected chi connectivity index (χ4v) is 14.8. The second kappa shape index (κ2) is 18.0. The summed E-state index contributed by atoms with van der Waals surface area (Å²) in [6.07, 6.45) is 5.27. The number of fused-ring (bicyclic) bond motifs is 15. The Morgan fingerprint density at radius 2 is 1.32 bits per heavy atom. The second-order valence-corrected chi connectivity index (χ2v) is 30.1. The van der Waals surface area contributed by atoms with Crippen LogP contribution in [0.15, 0.2) is 164 Å². The van der Waals surface area contributed by atoms with Crippen LogP contribution in [0, 0.1) is 5.82 Å². The van der Waals surface area contributed by atoms with Crippen LogP contribution < -0.4 is 14.3 Å². The van der Waals surface area contributed by atoms with Crippen LogP contribution in [0.4, 0.5) is 4.39 Å². The first-order valence-corrected chi connectivity index (χ1v) is 31.2. The normalized spacial score (nSPS) is 15.9. The highest BCUT2D eigenvalue weighted by Gasteiger charge is 2.45. The molecule has 0 saturated carbocycles. The molecule has 7 aromatic carbocycles. The van der Waals surface area contributed by atoms with E-state index in [1.165, 1.54) is 110 Å². The number of rotatable bonds is 6. The number of benzene rings is 7. The Morgan fingerprint density at radius 3 is 2.00 bits per heavy atom. The lowest BCUT2D eigenvalue weighted by molar-refractivity contribution is -0.719. The van der Waals surface area contributed by atoms with Gasteiger partial charge in [-0.05, 0) is 105 Å². The molecule has 0 saturated heterocycles. The molecule has 2 unspecified atom stereocenters. The van der Waals surface area contributed by atoms with Gasteiger partial charge in [0.05, 0.1) is 24.8 Å². The molecule has 6 heteroatoms. The smallest absolute Gasteiger partial charge is 0.207 e. The van der Waals surface area contributed by atoms with Crippen LogP contribution in [0.3, 0.4) is 0 Å². The second-order valence-electron chi connectivity index (χ2n) is 23.9. The van der Waals surface area contributed by atoms with Crippen molar-refractivity contribution in [2.75, 3.05) is 0 Å². The zero-order valence-electron chi connectivity index (χ0n) is 44.8. The predicted octanol–water partition coefficient (Wildman–Crippen LogP) is 17.6. The van der Waals surface area contributed by atoms with Crippen molar-refractivity contribution >= 4 is 61.5 Å². The third-order valence-corrected chi connectivity index (χ3v) is 19.6. The van der Waals surface area contributed by atoms with Crippen LogP contribution in [0.1, 0.15) is 113 Å². The van der Waals surface area contributed by atoms with Gasteiger partial charge in [-0.2, -0.15) is 13.7 Å². The Morgan fingerprint density at radius 1 is 0.703 bits per heavy atom. The number of aryl methyl sites for hydroxylation is 1. The van der Waals surface area contributed by atoms with Gasteiger partial charge in [-0.3, -0.25) is 0 Å². The molecule has 0 fully saturated rings. The summed E-state index contributed by atoms with van der Waals surface area (Å²) in [6, 6.07) is 55.8. The molecule has 0 aliphatic carbocycles. The molecule has 3 aromatic heterocycles.